The van der Waals surface area contributed by atoms with E-state index in [2.05, 4.69) is 20.7 Å². The van der Waals surface area contributed by atoms with Crippen molar-refractivity contribution in [1.29, 1.82) is 0 Å². The summed E-state index contributed by atoms with van der Waals surface area (Å²) >= 11 is 0. The molecule has 2 aromatic carbocycles. The molecule has 0 unspecified atom stereocenters. The van der Waals surface area contributed by atoms with Crippen LogP contribution in [0.15, 0.2) is 67.3 Å². The highest BCUT2D eigenvalue weighted by molar-refractivity contribution is 5.67. The Hall–Kier alpha value is -3.35. The number of anilines is 1. The number of aromatic nitrogens is 3. The van der Waals surface area contributed by atoms with Crippen LogP contribution in [0.4, 0.5) is 10.5 Å². The zero-order valence-electron chi connectivity index (χ0n) is 14.8. The summed E-state index contributed by atoms with van der Waals surface area (Å²) in [5.41, 5.74) is 3.00. The summed E-state index contributed by atoms with van der Waals surface area (Å²) < 4.78 is 6.97. The molecule has 138 valence electrons. The van der Waals surface area contributed by atoms with Crippen molar-refractivity contribution >= 4 is 11.8 Å². The van der Waals surface area contributed by atoms with Crippen molar-refractivity contribution in [3.8, 4) is 5.69 Å². The van der Waals surface area contributed by atoms with Crippen LogP contribution < -0.4 is 10.6 Å². The smallest absolute Gasteiger partial charge is 0.407 e. The van der Waals surface area contributed by atoms with E-state index in [0.717, 1.165) is 29.8 Å². The molecule has 27 heavy (non-hydrogen) atoms. The average molecular weight is 363 g/mol. The molecule has 1 aliphatic rings. The molecule has 1 aliphatic carbocycles. The van der Waals surface area contributed by atoms with E-state index in [1.54, 1.807) is 11.0 Å². The standard InChI is InChI=1S/C20H21N5O2/c26-20(27-12-15-4-2-1-3-5-15)24-18-10-17(11-18)23-16-6-8-19(9-7-16)25-14-21-13-22-25/h1-9,13-14,17-18,23H,10-12H2,(H,24,26). The lowest BCUT2D eigenvalue weighted by Gasteiger charge is -2.36. The topological polar surface area (TPSA) is 81.1 Å². The molecule has 2 N–H and O–H groups in total. The van der Waals surface area contributed by atoms with Gasteiger partial charge in [-0.1, -0.05) is 30.3 Å². The minimum Gasteiger partial charge on any atom is -0.445 e. The molecule has 3 aromatic rings. The van der Waals surface area contributed by atoms with Crippen molar-refractivity contribution in [2.24, 2.45) is 0 Å². The Bertz CT molecular complexity index is 859. The van der Waals surface area contributed by atoms with Gasteiger partial charge in [-0.15, -0.1) is 0 Å². The maximum Gasteiger partial charge on any atom is 0.407 e. The first-order chi connectivity index (χ1) is 13.3. The molecule has 7 heteroatoms. The maximum atomic E-state index is 11.9. The van der Waals surface area contributed by atoms with E-state index in [-0.39, 0.29) is 12.1 Å². The number of hydrogen-bond acceptors (Lipinski definition) is 5. The first-order valence-electron chi connectivity index (χ1n) is 8.95. The van der Waals surface area contributed by atoms with Crippen molar-refractivity contribution in [3.05, 3.63) is 72.8 Å². The van der Waals surface area contributed by atoms with Gasteiger partial charge in [0.25, 0.3) is 0 Å². The summed E-state index contributed by atoms with van der Waals surface area (Å²) in [5, 5.41) is 10.5. The third-order valence-corrected chi connectivity index (χ3v) is 4.59. The second-order valence-corrected chi connectivity index (χ2v) is 6.60. The fourth-order valence-corrected chi connectivity index (χ4v) is 3.07. The molecule has 0 bridgehead atoms. The second-order valence-electron chi connectivity index (χ2n) is 6.60. The molecule has 0 saturated heterocycles. The summed E-state index contributed by atoms with van der Waals surface area (Å²) in [5.74, 6) is 0. The van der Waals surface area contributed by atoms with Gasteiger partial charge in [-0.3, -0.25) is 0 Å². The number of rotatable bonds is 6. The van der Waals surface area contributed by atoms with Crippen LogP contribution in [0.2, 0.25) is 0 Å². The first kappa shape index (κ1) is 17.1. The van der Waals surface area contributed by atoms with Crippen LogP contribution in [0.1, 0.15) is 18.4 Å². The summed E-state index contributed by atoms with van der Waals surface area (Å²) in [6.45, 7) is 0.291. The van der Waals surface area contributed by atoms with E-state index in [0.29, 0.717) is 12.6 Å². The zero-order valence-corrected chi connectivity index (χ0v) is 14.8. The van der Waals surface area contributed by atoms with Crippen molar-refractivity contribution in [2.75, 3.05) is 5.32 Å². The van der Waals surface area contributed by atoms with Crippen LogP contribution in [-0.4, -0.2) is 32.9 Å². The number of carbonyl (C=O) groups is 1. The van der Waals surface area contributed by atoms with Gasteiger partial charge >= 0.3 is 6.09 Å². The lowest BCUT2D eigenvalue weighted by molar-refractivity contribution is 0.129. The molecule has 1 heterocycles. The van der Waals surface area contributed by atoms with Crippen molar-refractivity contribution in [3.63, 3.8) is 0 Å². The van der Waals surface area contributed by atoms with Crippen molar-refractivity contribution < 1.29 is 9.53 Å². The molecule has 1 amide bonds. The number of nitrogens with one attached hydrogen (secondary N) is 2. The SMILES string of the molecule is O=C(NC1CC(Nc2ccc(-n3cncn3)cc2)C1)OCc1ccccc1. The summed E-state index contributed by atoms with van der Waals surface area (Å²) in [6.07, 6.45) is 4.58. The molecule has 4 rings (SSSR count). The average Bonchev–Trinajstić information content (AvgIpc) is 3.21. The van der Waals surface area contributed by atoms with Crippen LogP contribution >= 0.6 is 0 Å². The Morgan fingerprint density at radius 1 is 1.07 bits per heavy atom. The van der Waals surface area contributed by atoms with Crippen molar-refractivity contribution in [1.82, 2.24) is 20.1 Å². The Kier molecular flexibility index (Phi) is 5.00. The minimum atomic E-state index is -0.362. The van der Waals surface area contributed by atoms with E-state index in [1.807, 2.05) is 54.6 Å². The van der Waals surface area contributed by atoms with Gasteiger partial charge in [0, 0.05) is 17.8 Å². The lowest BCUT2D eigenvalue weighted by atomic mass is 9.86. The van der Waals surface area contributed by atoms with Crippen LogP contribution in [0.5, 0.6) is 0 Å². The minimum absolute atomic E-state index is 0.153. The van der Waals surface area contributed by atoms with Gasteiger partial charge < -0.3 is 15.4 Å². The largest absolute Gasteiger partial charge is 0.445 e. The maximum absolute atomic E-state index is 11.9. The highest BCUT2D eigenvalue weighted by Crippen LogP contribution is 2.25. The Labute approximate surface area is 157 Å². The molecule has 0 spiro atoms. The molecule has 1 saturated carbocycles. The van der Waals surface area contributed by atoms with E-state index in [4.69, 9.17) is 4.74 Å². The molecule has 0 radical (unpaired) electrons. The predicted molar refractivity (Wildman–Crippen MR) is 102 cm³/mol. The highest BCUT2D eigenvalue weighted by Gasteiger charge is 2.30. The molecule has 0 aliphatic heterocycles. The van der Waals surface area contributed by atoms with E-state index in [1.165, 1.54) is 6.33 Å². The Balaban J connectivity index is 1.18. The number of ether oxygens (including phenoxy) is 1. The van der Waals surface area contributed by atoms with Crippen LogP contribution in [0.3, 0.4) is 0 Å². The van der Waals surface area contributed by atoms with Gasteiger partial charge in [0.1, 0.15) is 19.3 Å². The number of amides is 1. The third kappa shape index (κ3) is 4.44. The fourth-order valence-electron chi connectivity index (χ4n) is 3.07. The normalized spacial score (nSPS) is 18.4. The molecule has 7 nitrogen and oxygen atoms in total. The predicted octanol–water partition coefficient (Wildman–Crippen LogP) is 3.14. The zero-order chi connectivity index (χ0) is 18.5. The highest BCUT2D eigenvalue weighted by atomic mass is 16.5. The van der Waals surface area contributed by atoms with E-state index >= 15 is 0 Å². The summed E-state index contributed by atoms with van der Waals surface area (Å²) in [6, 6.07) is 18.2. The molecular weight excluding hydrogens is 342 g/mol. The summed E-state index contributed by atoms with van der Waals surface area (Å²) in [4.78, 5) is 15.8. The number of carbonyl (C=O) groups excluding carboxylic acids is 1. The Morgan fingerprint density at radius 3 is 2.56 bits per heavy atom. The molecule has 1 aromatic heterocycles. The monoisotopic (exact) mass is 363 g/mol. The van der Waals surface area contributed by atoms with Crippen LogP contribution in [-0.2, 0) is 11.3 Å². The van der Waals surface area contributed by atoms with Gasteiger partial charge in [-0.2, -0.15) is 5.10 Å². The van der Waals surface area contributed by atoms with Crippen LogP contribution in [0, 0.1) is 0 Å². The quantitative estimate of drug-likeness (QED) is 0.703. The van der Waals surface area contributed by atoms with Gasteiger partial charge in [0.15, 0.2) is 0 Å². The summed E-state index contributed by atoms with van der Waals surface area (Å²) in [7, 11) is 0. The number of benzene rings is 2. The lowest BCUT2D eigenvalue weighted by Crippen LogP contribution is -2.49. The molecular formula is C20H21N5O2. The number of alkyl carbamates (subject to hydrolysis) is 1. The van der Waals surface area contributed by atoms with Crippen LogP contribution in [0.25, 0.3) is 5.69 Å². The van der Waals surface area contributed by atoms with E-state index < -0.39 is 0 Å². The Morgan fingerprint density at radius 2 is 1.85 bits per heavy atom. The number of hydrogen-bond donors (Lipinski definition) is 2. The van der Waals surface area contributed by atoms with Crippen molar-refractivity contribution in [2.45, 2.75) is 31.5 Å². The van der Waals surface area contributed by atoms with Gasteiger partial charge in [-0.05, 0) is 42.7 Å². The molecule has 1 fully saturated rings. The van der Waals surface area contributed by atoms with Gasteiger partial charge in [0.05, 0.1) is 5.69 Å². The second kappa shape index (κ2) is 7.90. The van der Waals surface area contributed by atoms with Gasteiger partial charge in [0.2, 0.25) is 0 Å². The van der Waals surface area contributed by atoms with E-state index in [9.17, 15) is 4.79 Å². The van der Waals surface area contributed by atoms with Gasteiger partial charge in [-0.25, -0.2) is 14.5 Å². The molecule has 0 atom stereocenters. The third-order valence-electron chi connectivity index (χ3n) is 4.59. The fraction of sp³-hybridized carbons (Fsp3) is 0.250. The first-order valence-corrected chi connectivity index (χ1v) is 8.95. The number of nitrogens with zero attached hydrogens (tertiary/aromatic N) is 3.